The molecule has 0 aromatic heterocycles. The van der Waals surface area contributed by atoms with E-state index in [2.05, 4.69) is 0 Å². The summed E-state index contributed by atoms with van der Waals surface area (Å²) in [5, 5.41) is 0. The van der Waals surface area contributed by atoms with Crippen molar-refractivity contribution in [2.45, 2.75) is 32.4 Å². The Morgan fingerprint density at radius 2 is 1.87 bits per heavy atom. The third-order valence-electron chi connectivity index (χ3n) is 3.94. The highest BCUT2D eigenvalue weighted by Crippen LogP contribution is 2.24. The fourth-order valence-electron chi connectivity index (χ4n) is 2.29. The van der Waals surface area contributed by atoms with Gasteiger partial charge in [0, 0.05) is 7.05 Å². The largest absolute Gasteiger partial charge is 0.433 e. The highest BCUT2D eigenvalue weighted by molar-refractivity contribution is 6.04. The van der Waals surface area contributed by atoms with Gasteiger partial charge in [0.05, 0.1) is 6.04 Å². The summed E-state index contributed by atoms with van der Waals surface area (Å²) < 4.78 is 17.9. The van der Waals surface area contributed by atoms with Gasteiger partial charge in [0.15, 0.2) is 5.60 Å². The maximum Gasteiger partial charge on any atom is 0.418 e. The van der Waals surface area contributed by atoms with Gasteiger partial charge in [0.25, 0.3) is 5.91 Å². The fourth-order valence-corrected chi connectivity index (χ4v) is 2.29. The Morgan fingerprint density at radius 1 is 1.30 bits per heavy atom. The smallest absolute Gasteiger partial charge is 0.418 e. The van der Waals surface area contributed by atoms with E-state index in [9.17, 15) is 18.8 Å². The van der Waals surface area contributed by atoms with E-state index in [4.69, 9.17) is 4.74 Å². The van der Waals surface area contributed by atoms with Gasteiger partial charge in [-0.3, -0.25) is 9.59 Å². The molecule has 2 rings (SSSR count). The lowest BCUT2D eigenvalue weighted by atomic mass is 10.1. The maximum absolute atomic E-state index is 13.0. The monoisotopic (exact) mass is 322 g/mol. The van der Waals surface area contributed by atoms with E-state index in [1.165, 1.54) is 30.9 Å². The Kier molecular flexibility index (Phi) is 4.40. The van der Waals surface area contributed by atoms with Crippen molar-refractivity contribution in [2.24, 2.45) is 0 Å². The average molecular weight is 322 g/mol. The summed E-state index contributed by atoms with van der Waals surface area (Å²) in [7, 11) is 1.56. The summed E-state index contributed by atoms with van der Waals surface area (Å²) in [6.07, 6.45) is -0.823. The number of carbonyl (C=O) groups excluding carboxylic acids is 3. The van der Waals surface area contributed by atoms with Crippen LogP contribution in [0.4, 0.5) is 9.18 Å². The van der Waals surface area contributed by atoms with E-state index < -0.39 is 23.5 Å². The molecule has 23 heavy (non-hydrogen) atoms. The Morgan fingerprint density at radius 3 is 2.35 bits per heavy atom. The van der Waals surface area contributed by atoms with Gasteiger partial charge in [-0.25, -0.2) is 14.1 Å². The Balaban J connectivity index is 2.07. The Labute approximate surface area is 133 Å². The number of hydrogen-bond donors (Lipinski definition) is 0. The zero-order valence-electron chi connectivity index (χ0n) is 13.5. The van der Waals surface area contributed by atoms with Crippen LogP contribution < -0.4 is 0 Å². The number of rotatable bonds is 4. The minimum absolute atomic E-state index is 0.329. The third kappa shape index (κ3) is 3.33. The molecular weight excluding hydrogens is 303 g/mol. The lowest BCUT2D eigenvalue weighted by Gasteiger charge is -2.26. The standard InChI is InChI=1S/C16H19FN2O4/c1-10(11-5-7-12(17)8-6-11)18(4)13(20)9-19-14(21)16(2,3)23-15(19)22/h5-8,10H,9H2,1-4H3. The van der Waals surface area contributed by atoms with E-state index in [-0.39, 0.29) is 18.4 Å². The number of carbonyl (C=O) groups is 3. The minimum atomic E-state index is -1.25. The molecule has 1 aliphatic rings. The molecule has 1 aromatic carbocycles. The molecule has 0 saturated carbocycles. The Bertz CT molecular complexity index is 642. The molecule has 0 bridgehead atoms. The van der Waals surface area contributed by atoms with Crippen LogP contribution in [0.25, 0.3) is 0 Å². The van der Waals surface area contributed by atoms with Crippen LogP contribution in [0.2, 0.25) is 0 Å². The van der Waals surface area contributed by atoms with Gasteiger partial charge < -0.3 is 9.64 Å². The number of imide groups is 1. The summed E-state index contributed by atoms with van der Waals surface area (Å²) in [5.74, 6) is -1.31. The lowest BCUT2D eigenvalue weighted by molar-refractivity contribution is -0.140. The molecule has 1 atom stereocenters. The minimum Gasteiger partial charge on any atom is -0.433 e. The number of nitrogens with zero attached hydrogens (tertiary/aromatic N) is 2. The number of benzene rings is 1. The molecule has 1 saturated heterocycles. The van der Waals surface area contributed by atoms with Crippen LogP contribution in [-0.4, -0.2) is 46.9 Å². The molecular formula is C16H19FN2O4. The zero-order valence-corrected chi connectivity index (χ0v) is 13.5. The van der Waals surface area contributed by atoms with Crippen LogP contribution in [0, 0.1) is 5.82 Å². The van der Waals surface area contributed by atoms with Crippen LogP contribution in [0.1, 0.15) is 32.4 Å². The summed E-state index contributed by atoms with van der Waals surface area (Å²) in [6.45, 7) is 4.34. The molecule has 1 aliphatic heterocycles. The summed E-state index contributed by atoms with van der Waals surface area (Å²) in [6, 6.07) is 5.47. The number of hydrogen-bond acceptors (Lipinski definition) is 4. The second-order valence-corrected chi connectivity index (χ2v) is 6.00. The molecule has 0 aliphatic carbocycles. The van der Waals surface area contributed by atoms with Crippen LogP contribution in [0.5, 0.6) is 0 Å². The van der Waals surface area contributed by atoms with Crippen molar-refractivity contribution < 1.29 is 23.5 Å². The van der Waals surface area contributed by atoms with E-state index in [0.717, 1.165) is 10.5 Å². The Hall–Kier alpha value is -2.44. The second kappa shape index (κ2) is 5.98. The number of likely N-dealkylation sites (N-methyl/N-ethyl adjacent to an activating group) is 1. The first-order chi connectivity index (χ1) is 10.6. The highest BCUT2D eigenvalue weighted by Gasteiger charge is 2.48. The molecule has 6 nitrogen and oxygen atoms in total. The van der Waals surface area contributed by atoms with E-state index in [0.29, 0.717) is 0 Å². The van der Waals surface area contributed by atoms with Crippen molar-refractivity contribution in [1.82, 2.24) is 9.80 Å². The second-order valence-electron chi connectivity index (χ2n) is 6.00. The van der Waals surface area contributed by atoms with Crippen LogP contribution >= 0.6 is 0 Å². The first-order valence-corrected chi connectivity index (χ1v) is 7.19. The SMILES string of the molecule is CC(c1ccc(F)cc1)N(C)C(=O)CN1C(=O)OC(C)(C)C1=O. The van der Waals surface area contributed by atoms with Gasteiger partial charge in [-0.2, -0.15) is 0 Å². The van der Waals surface area contributed by atoms with Crippen molar-refractivity contribution in [3.8, 4) is 0 Å². The fraction of sp³-hybridized carbons (Fsp3) is 0.438. The van der Waals surface area contributed by atoms with Gasteiger partial charge in [0.1, 0.15) is 12.4 Å². The lowest BCUT2D eigenvalue weighted by Crippen LogP contribution is -2.43. The third-order valence-corrected chi connectivity index (χ3v) is 3.94. The van der Waals surface area contributed by atoms with Crippen molar-refractivity contribution in [1.29, 1.82) is 0 Å². The molecule has 1 heterocycles. The first kappa shape index (κ1) is 16.9. The molecule has 0 spiro atoms. The van der Waals surface area contributed by atoms with Crippen LogP contribution in [-0.2, 0) is 14.3 Å². The van der Waals surface area contributed by atoms with Crippen LogP contribution in [0.15, 0.2) is 24.3 Å². The summed E-state index contributed by atoms with van der Waals surface area (Å²) in [4.78, 5) is 38.3. The summed E-state index contributed by atoms with van der Waals surface area (Å²) in [5.41, 5.74) is -0.503. The number of halogens is 1. The molecule has 124 valence electrons. The molecule has 1 aromatic rings. The van der Waals surface area contributed by atoms with Gasteiger partial charge in [0.2, 0.25) is 5.91 Å². The molecule has 1 unspecified atom stereocenters. The van der Waals surface area contributed by atoms with Crippen molar-refractivity contribution >= 4 is 17.9 Å². The van der Waals surface area contributed by atoms with Crippen molar-refractivity contribution in [3.05, 3.63) is 35.6 Å². The molecule has 0 radical (unpaired) electrons. The quantitative estimate of drug-likeness (QED) is 0.851. The molecule has 1 fully saturated rings. The van der Waals surface area contributed by atoms with Crippen molar-refractivity contribution in [3.63, 3.8) is 0 Å². The van der Waals surface area contributed by atoms with Gasteiger partial charge >= 0.3 is 6.09 Å². The van der Waals surface area contributed by atoms with E-state index >= 15 is 0 Å². The molecule has 3 amide bonds. The van der Waals surface area contributed by atoms with Crippen molar-refractivity contribution in [2.75, 3.05) is 13.6 Å². The molecule has 0 N–H and O–H groups in total. The predicted molar refractivity (Wildman–Crippen MR) is 79.9 cm³/mol. The topological polar surface area (TPSA) is 66.9 Å². The predicted octanol–water partition coefficient (Wildman–Crippen LogP) is 2.10. The maximum atomic E-state index is 13.0. The number of amides is 3. The van der Waals surface area contributed by atoms with Gasteiger partial charge in [-0.05, 0) is 38.5 Å². The number of cyclic esters (lactones) is 1. The summed E-state index contributed by atoms with van der Waals surface area (Å²) >= 11 is 0. The zero-order chi connectivity index (χ0) is 17.4. The highest BCUT2D eigenvalue weighted by atomic mass is 19.1. The number of ether oxygens (including phenoxy) is 1. The average Bonchev–Trinajstić information content (AvgIpc) is 2.68. The normalized spacial score (nSPS) is 17.9. The molecule has 7 heteroatoms. The van der Waals surface area contributed by atoms with Crippen LogP contribution in [0.3, 0.4) is 0 Å². The van der Waals surface area contributed by atoms with Gasteiger partial charge in [-0.15, -0.1) is 0 Å². The van der Waals surface area contributed by atoms with E-state index in [1.807, 2.05) is 0 Å². The van der Waals surface area contributed by atoms with E-state index in [1.54, 1.807) is 26.1 Å². The van der Waals surface area contributed by atoms with Gasteiger partial charge in [-0.1, -0.05) is 12.1 Å². The first-order valence-electron chi connectivity index (χ1n) is 7.19.